The molecule has 2 bridgehead atoms. The molecule has 4 aliphatic rings. The molecule has 0 aliphatic carbocycles. The zero-order valence-corrected chi connectivity index (χ0v) is 27.9. The molecule has 6 heterocycles. The zero-order valence-electron chi connectivity index (χ0n) is 27.9. The molecule has 0 spiro atoms. The van der Waals surface area contributed by atoms with Gasteiger partial charge in [-0.05, 0) is 43.0 Å². The van der Waals surface area contributed by atoms with Crippen LogP contribution in [0.15, 0.2) is 30.5 Å². The molecule has 4 saturated heterocycles. The van der Waals surface area contributed by atoms with Crippen LogP contribution in [0.1, 0.15) is 42.9 Å². The van der Waals surface area contributed by atoms with Crippen LogP contribution >= 0.6 is 0 Å². The molecule has 4 aromatic rings. The molecular formula is C36H33F5N6O5. The summed E-state index contributed by atoms with van der Waals surface area (Å²) >= 11 is 0. The molecule has 52 heavy (non-hydrogen) atoms. The first-order valence-corrected chi connectivity index (χ1v) is 16.8. The van der Waals surface area contributed by atoms with E-state index in [1.165, 1.54) is 25.3 Å². The van der Waals surface area contributed by atoms with Crippen LogP contribution in [0.5, 0.6) is 11.8 Å². The van der Waals surface area contributed by atoms with Crippen molar-refractivity contribution in [1.82, 2.24) is 30.1 Å². The number of rotatable bonds is 8. The average molecular weight is 725 g/mol. The van der Waals surface area contributed by atoms with Gasteiger partial charge in [-0.3, -0.25) is 9.88 Å². The number of carboxylic acid groups (broad SMARTS) is 1. The van der Waals surface area contributed by atoms with Crippen LogP contribution in [0.3, 0.4) is 0 Å². The molecule has 1 amide bonds. The maximum Gasteiger partial charge on any atom is 0.412 e. The third-order valence-electron chi connectivity index (χ3n) is 10.8. The van der Waals surface area contributed by atoms with Crippen molar-refractivity contribution < 1.29 is 46.1 Å². The van der Waals surface area contributed by atoms with E-state index in [2.05, 4.69) is 26.2 Å². The van der Waals surface area contributed by atoms with E-state index in [4.69, 9.17) is 20.6 Å². The third kappa shape index (κ3) is 5.20. The highest BCUT2D eigenvalue weighted by Gasteiger charge is 2.68. The van der Waals surface area contributed by atoms with Gasteiger partial charge in [0.25, 0.3) is 0 Å². The first-order valence-electron chi connectivity index (χ1n) is 16.8. The lowest BCUT2D eigenvalue weighted by molar-refractivity contribution is -0.109. The number of methoxy groups -OCH3 is 1. The average Bonchev–Trinajstić information content (AvgIpc) is 3.68. The van der Waals surface area contributed by atoms with Gasteiger partial charge in [0.1, 0.15) is 29.9 Å². The number of nitrogens with one attached hydrogen (secondary N) is 1. The largest absolute Gasteiger partial charge is 0.468 e. The number of alkyl halides is 3. The number of hydrogen-bond donors (Lipinski definition) is 2. The van der Waals surface area contributed by atoms with Gasteiger partial charge in [-0.15, -0.1) is 6.42 Å². The quantitative estimate of drug-likeness (QED) is 0.105. The lowest BCUT2D eigenvalue weighted by atomic mass is 9.88. The summed E-state index contributed by atoms with van der Waals surface area (Å²) in [6.07, 6.45) is 4.70. The predicted octanol–water partition coefficient (Wildman–Crippen LogP) is 5.44. The van der Waals surface area contributed by atoms with Gasteiger partial charge in [0.15, 0.2) is 12.6 Å². The first-order chi connectivity index (χ1) is 24.9. The number of amides is 1. The fourth-order valence-corrected chi connectivity index (χ4v) is 8.70. The molecule has 11 nitrogen and oxygen atoms in total. The van der Waals surface area contributed by atoms with Crippen molar-refractivity contribution in [3.05, 3.63) is 53.4 Å². The van der Waals surface area contributed by atoms with Crippen LogP contribution < -0.4 is 14.8 Å². The molecule has 2 aromatic heterocycles. The number of fused-ring (bicyclic) bond motifs is 5. The Balaban J connectivity index is 1.38. The summed E-state index contributed by atoms with van der Waals surface area (Å²) in [5.74, 6) is -6.37. The van der Waals surface area contributed by atoms with E-state index in [1.807, 2.05) is 4.90 Å². The van der Waals surface area contributed by atoms with Crippen molar-refractivity contribution in [2.24, 2.45) is 0 Å². The number of carbonyl (C=O) groups is 1. The van der Waals surface area contributed by atoms with Crippen LogP contribution in [0.25, 0.3) is 32.9 Å². The highest BCUT2D eigenvalue weighted by atomic mass is 19.2. The maximum atomic E-state index is 17.3. The number of piperazine rings is 1. The van der Waals surface area contributed by atoms with E-state index in [9.17, 15) is 14.3 Å². The topological polar surface area (TPSA) is 122 Å². The Kier molecular flexibility index (Phi) is 8.16. The smallest absolute Gasteiger partial charge is 0.412 e. The van der Waals surface area contributed by atoms with Gasteiger partial charge in [-0.2, -0.15) is 9.97 Å². The minimum atomic E-state index is -2.91. The summed E-state index contributed by atoms with van der Waals surface area (Å²) in [7, 11) is 1.41. The van der Waals surface area contributed by atoms with Gasteiger partial charge in [0, 0.05) is 50.5 Å². The fraction of sp³-hybridized carbons (Fsp3) is 0.444. The normalized spacial score (nSPS) is 28.4. The van der Waals surface area contributed by atoms with Crippen molar-refractivity contribution in [2.45, 2.75) is 54.9 Å². The second-order valence-electron chi connectivity index (χ2n) is 13.8. The maximum absolute atomic E-state index is 17.3. The number of aromatic nitrogens is 3. The molecule has 0 radical (unpaired) electrons. The van der Waals surface area contributed by atoms with E-state index in [0.717, 1.165) is 12.6 Å². The predicted molar refractivity (Wildman–Crippen MR) is 177 cm³/mol. The molecule has 0 saturated carbocycles. The van der Waals surface area contributed by atoms with Gasteiger partial charge in [-0.1, -0.05) is 12.0 Å². The number of ether oxygens (including phenoxy) is 3. The van der Waals surface area contributed by atoms with Crippen LogP contribution in [0.4, 0.5) is 26.7 Å². The summed E-state index contributed by atoms with van der Waals surface area (Å²) in [6, 6.07) is 5.30. The lowest BCUT2D eigenvalue weighted by Gasteiger charge is -2.41. The molecule has 2 N–H and O–H groups in total. The standard InChI is InChI=1S/C36H33F5N6O5/c1-3-22-25(38)6-5-19-9-21(52-18-50-2)10-23(27(19)22)29-28-30(24-12-35(40)15-42-16-36(24,41)47(35)33(48)49)44-32(45-31(28)26(39)13-43-29)51-17-34-7-4-8-46(34)14-20(37)11-34/h1,5-6,9-10,13,20,24,42H,4,7-8,11-12,14-18H2,2H3,(H,48,49)/t20-,24?,34+,35?,36?/m1/s1. The molecule has 8 rings (SSSR count). The molecule has 5 atom stereocenters. The Morgan fingerprint density at radius 2 is 1.96 bits per heavy atom. The van der Waals surface area contributed by atoms with Crippen LogP contribution in [-0.4, -0.2) is 106 Å². The van der Waals surface area contributed by atoms with Crippen molar-refractivity contribution in [2.75, 3.05) is 46.7 Å². The van der Waals surface area contributed by atoms with Gasteiger partial charge in [0.2, 0.25) is 11.6 Å². The Bertz CT molecular complexity index is 2170. The Morgan fingerprint density at radius 1 is 1.13 bits per heavy atom. The summed E-state index contributed by atoms with van der Waals surface area (Å²) in [5.41, 5.74) is -1.46. The second-order valence-corrected chi connectivity index (χ2v) is 13.8. The number of halogens is 5. The number of hydrogen-bond acceptors (Lipinski definition) is 9. The van der Waals surface area contributed by atoms with E-state index >= 15 is 17.6 Å². The van der Waals surface area contributed by atoms with Crippen molar-refractivity contribution in [3.8, 4) is 35.4 Å². The van der Waals surface area contributed by atoms with Crippen LogP contribution in [0.2, 0.25) is 0 Å². The van der Waals surface area contributed by atoms with Gasteiger partial charge >= 0.3 is 12.1 Å². The Labute approximate surface area is 294 Å². The van der Waals surface area contributed by atoms with Crippen molar-refractivity contribution in [3.63, 3.8) is 0 Å². The van der Waals surface area contributed by atoms with Gasteiger partial charge in [-0.25, -0.2) is 31.6 Å². The fourth-order valence-electron chi connectivity index (χ4n) is 8.70. The van der Waals surface area contributed by atoms with Crippen molar-refractivity contribution in [1.29, 1.82) is 0 Å². The van der Waals surface area contributed by atoms with Gasteiger partial charge in [0.05, 0.1) is 40.0 Å². The van der Waals surface area contributed by atoms with E-state index in [1.54, 1.807) is 6.07 Å². The molecule has 2 aromatic carbocycles. The highest BCUT2D eigenvalue weighted by molar-refractivity contribution is 6.07. The minimum absolute atomic E-state index is 0.0620. The molecule has 4 fully saturated rings. The first kappa shape index (κ1) is 34.2. The molecule has 16 heteroatoms. The third-order valence-corrected chi connectivity index (χ3v) is 10.8. The summed E-state index contributed by atoms with van der Waals surface area (Å²) in [6.45, 7) is -0.451. The zero-order chi connectivity index (χ0) is 36.6. The number of nitrogens with zero attached hydrogens (tertiary/aromatic N) is 5. The summed E-state index contributed by atoms with van der Waals surface area (Å²) < 4.78 is 96.5. The highest BCUT2D eigenvalue weighted by Crippen LogP contribution is 2.55. The van der Waals surface area contributed by atoms with Crippen LogP contribution in [-0.2, 0) is 4.74 Å². The lowest BCUT2D eigenvalue weighted by Crippen LogP contribution is -2.65. The van der Waals surface area contributed by atoms with Gasteiger partial charge < -0.3 is 24.6 Å². The Hall–Kier alpha value is -4.85. The minimum Gasteiger partial charge on any atom is -0.468 e. The van der Waals surface area contributed by atoms with Crippen LogP contribution in [0, 0.1) is 24.0 Å². The Morgan fingerprint density at radius 3 is 2.71 bits per heavy atom. The number of terminal acetylenes is 1. The molecule has 272 valence electrons. The second kappa shape index (κ2) is 12.4. The van der Waals surface area contributed by atoms with Crippen molar-refractivity contribution >= 4 is 27.8 Å². The molecule has 4 aliphatic heterocycles. The van der Waals surface area contributed by atoms with E-state index in [-0.39, 0.29) is 70.3 Å². The van der Waals surface area contributed by atoms with E-state index < -0.39 is 78.0 Å². The monoisotopic (exact) mass is 724 g/mol. The van der Waals surface area contributed by atoms with E-state index in [0.29, 0.717) is 18.4 Å². The number of pyridine rings is 1. The SMILES string of the molecule is C#Cc1c(F)ccc2cc(OCOC)cc(-c3ncc(F)c4nc(OC[C@@]56CCCN5C[C@H](F)C6)nc(C5CC6(F)CNCC5(F)N6C(=O)O)c34)c12. The summed E-state index contributed by atoms with van der Waals surface area (Å²) in [5, 5.41) is 13.1. The number of benzene rings is 2. The molecular weight excluding hydrogens is 691 g/mol. The summed E-state index contributed by atoms with van der Waals surface area (Å²) in [4.78, 5) is 27.9. The molecule has 3 unspecified atom stereocenters.